The lowest BCUT2D eigenvalue weighted by atomic mass is 10.1. The summed E-state index contributed by atoms with van der Waals surface area (Å²) in [6.45, 7) is -0.476. The molecule has 1 N–H and O–H groups in total. The van der Waals surface area contributed by atoms with E-state index in [2.05, 4.69) is 0 Å². The number of carbonyl (C=O) groups is 1. The Morgan fingerprint density at radius 1 is 0.897 bits per heavy atom. The van der Waals surface area contributed by atoms with E-state index in [4.69, 9.17) is 19.0 Å². The summed E-state index contributed by atoms with van der Waals surface area (Å²) < 4.78 is 16.3. The van der Waals surface area contributed by atoms with Gasteiger partial charge in [0.1, 0.15) is 23.3 Å². The third-order valence-electron chi connectivity index (χ3n) is 4.27. The summed E-state index contributed by atoms with van der Waals surface area (Å²) in [6, 6.07) is 21.8. The average Bonchev–Trinajstić information content (AvgIpc) is 2.75. The molecule has 0 unspecified atom stereocenters. The minimum Gasteiger partial charge on any atom is -0.482 e. The van der Waals surface area contributed by atoms with E-state index in [-0.39, 0.29) is 16.8 Å². The summed E-state index contributed by atoms with van der Waals surface area (Å²) in [5.74, 6) is -0.219. The number of rotatable bonds is 6. The molecule has 0 aliphatic heterocycles. The second-order valence-electron chi connectivity index (χ2n) is 6.26. The van der Waals surface area contributed by atoms with Gasteiger partial charge in [0, 0.05) is 6.07 Å². The zero-order chi connectivity index (χ0) is 20.2. The van der Waals surface area contributed by atoms with E-state index < -0.39 is 12.6 Å². The number of carboxylic acids is 1. The Hall–Kier alpha value is -4.06. The third-order valence-corrected chi connectivity index (χ3v) is 4.27. The van der Waals surface area contributed by atoms with Crippen molar-refractivity contribution in [1.82, 2.24) is 0 Å². The molecular formula is C23H16O6. The van der Waals surface area contributed by atoms with Gasteiger partial charge in [0.05, 0.1) is 5.39 Å². The van der Waals surface area contributed by atoms with Gasteiger partial charge < -0.3 is 19.0 Å². The van der Waals surface area contributed by atoms with Gasteiger partial charge in [0.15, 0.2) is 6.61 Å². The lowest BCUT2D eigenvalue weighted by Gasteiger charge is -2.08. The van der Waals surface area contributed by atoms with Crippen molar-refractivity contribution in [2.45, 2.75) is 0 Å². The molecule has 144 valence electrons. The molecule has 0 atom stereocenters. The van der Waals surface area contributed by atoms with Crippen LogP contribution in [0.15, 0.2) is 88.3 Å². The van der Waals surface area contributed by atoms with E-state index in [0.717, 1.165) is 11.1 Å². The average molecular weight is 388 g/mol. The van der Waals surface area contributed by atoms with Crippen molar-refractivity contribution in [1.29, 1.82) is 0 Å². The van der Waals surface area contributed by atoms with Crippen LogP contribution < -0.4 is 14.9 Å². The maximum Gasteiger partial charge on any atom is 0.341 e. The highest BCUT2D eigenvalue weighted by molar-refractivity contribution is 5.79. The molecule has 29 heavy (non-hydrogen) atoms. The Morgan fingerprint density at radius 2 is 1.59 bits per heavy atom. The van der Waals surface area contributed by atoms with Crippen LogP contribution in [-0.2, 0) is 4.79 Å². The first-order valence-corrected chi connectivity index (χ1v) is 8.84. The highest BCUT2D eigenvalue weighted by Crippen LogP contribution is 2.26. The van der Waals surface area contributed by atoms with E-state index in [1.54, 1.807) is 12.1 Å². The Bertz CT molecular complexity index is 1210. The quantitative estimate of drug-likeness (QED) is 0.515. The highest BCUT2D eigenvalue weighted by Gasteiger charge is 2.11. The predicted octanol–water partition coefficient (Wildman–Crippen LogP) is 4.72. The van der Waals surface area contributed by atoms with Crippen LogP contribution in [0.2, 0.25) is 0 Å². The van der Waals surface area contributed by atoms with Crippen molar-refractivity contribution in [2.75, 3.05) is 6.61 Å². The van der Waals surface area contributed by atoms with Crippen molar-refractivity contribution in [3.05, 3.63) is 89.3 Å². The number of aliphatic carboxylic acids is 1. The molecule has 4 rings (SSSR count). The minimum absolute atomic E-state index is 0.0594. The van der Waals surface area contributed by atoms with E-state index in [1.165, 1.54) is 24.5 Å². The number of carboxylic acid groups (broad SMARTS) is 1. The van der Waals surface area contributed by atoms with Gasteiger partial charge in [-0.25, -0.2) is 4.79 Å². The van der Waals surface area contributed by atoms with E-state index in [0.29, 0.717) is 16.9 Å². The Morgan fingerprint density at radius 3 is 2.31 bits per heavy atom. The van der Waals surface area contributed by atoms with Crippen LogP contribution in [0.3, 0.4) is 0 Å². The molecule has 0 radical (unpaired) electrons. The number of hydrogen-bond acceptors (Lipinski definition) is 5. The number of ether oxygens (including phenoxy) is 2. The molecule has 0 saturated carbocycles. The summed E-state index contributed by atoms with van der Waals surface area (Å²) in [4.78, 5) is 23.3. The molecule has 0 aliphatic rings. The smallest absolute Gasteiger partial charge is 0.341 e. The van der Waals surface area contributed by atoms with Crippen LogP contribution in [0, 0.1) is 0 Å². The molecular weight excluding hydrogens is 372 g/mol. The molecule has 3 aromatic carbocycles. The molecule has 6 heteroatoms. The van der Waals surface area contributed by atoms with Crippen molar-refractivity contribution < 1.29 is 23.8 Å². The van der Waals surface area contributed by atoms with Gasteiger partial charge >= 0.3 is 5.97 Å². The zero-order valence-corrected chi connectivity index (χ0v) is 15.2. The number of hydrogen-bond donors (Lipinski definition) is 1. The first-order chi connectivity index (χ1) is 14.1. The summed E-state index contributed by atoms with van der Waals surface area (Å²) in [6.07, 6.45) is 1.23. The van der Waals surface area contributed by atoms with Crippen LogP contribution in [0.4, 0.5) is 0 Å². The van der Waals surface area contributed by atoms with Gasteiger partial charge in [0.2, 0.25) is 11.2 Å². The van der Waals surface area contributed by atoms with Crippen LogP contribution in [-0.4, -0.2) is 17.7 Å². The molecule has 0 amide bonds. The summed E-state index contributed by atoms with van der Waals surface area (Å²) in [5.41, 5.74) is 2.08. The topological polar surface area (TPSA) is 86.0 Å². The van der Waals surface area contributed by atoms with E-state index in [1.807, 2.05) is 42.5 Å². The van der Waals surface area contributed by atoms with Crippen molar-refractivity contribution in [3.63, 3.8) is 0 Å². The van der Waals surface area contributed by atoms with Crippen LogP contribution in [0.5, 0.6) is 17.2 Å². The number of benzene rings is 3. The molecule has 1 aromatic heterocycles. The van der Waals surface area contributed by atoms with Crippen LogP contribution in [0.25, 0.3) is 22.1 Å². The third kappa shape index (κ3) is 4.11. The monoisotopic (exact) mass is 388 g/mol. The first kappa shape index (κ1) is 18.3. The normalized spacial score (nSPS) is 10.6. The van der Waals surface area contributed by atoms with Crippen molar-refractivity contribution >= 4 is 16.9 Å². The molecule has 0 saturated heterocycles. The largest absolute Gasteiger partial charge is 0.482 e. The number of fused-ring (bicyclic) bond motifs is 1. The minimum atomic E-state index is -1.09. The summed E-state index contributed by atoms with van der Waals surface area (Å²) in [7, 11) is 0. The highest BCUT2D eigenvalue weighted by atomic mass is 16.5. The van der Waals surface area contributed by atoms with E-state index >= 15 is 0 Å². The Labute approximate surface area is 165 Å². The second kappa shape index (κ2) is 7.90. The Kier molecular flexibility index (Phi) is 4.99. The molecule has 1 heterocycles. The van der Waals surface area contributed by atoms with Gasteiger partial charge in [-0.2, -0.15) is 0 Å². The fourth-order valence-corrected chi connectivity index (χ4v) is 2.87. The van der Waals surface area contributed by atoms with Gasteiger partial charge in [0.25, 0.3) is 0 Å². The molecule has 0 spiro atoms. The lowest BCUT2D eigenvalue weighted by Crippen LogP contribution is -2.09. The standard InChI is InChI=1S/C23H16O6/c24-22(25)14-27-18-10-11-19-20(12-18)28-13-21(23(19)26)29-17-8-6-16(7-9-17)15-4-2-1-3-5-15/h1-13H,14H2,(H,24,25). The zero-order valence-electron chi connectivity index (χ0n) is 15.2. The van der Waals surface area contributed by atoms with Gasteiger partial charge in [-0.1, -0.05) is 42.5 Å². The molecule has 0 fully saturated rings. The van der Waals surface area contributed by atoms with Gasteiger partial charge in [-0.15, -0.1) is 0 Å². The summed E-state index contributed by atoms with van der Waals surface area (Å²) in [5, 5.41) is 8.99. The van der Waals surface area contributed by atoms with Crippen molar-refractivity contribution in [3.8, 4) is 28.4 Å². The fraction of sp³-hybridized carbons (Fsp3) is 0.0435. The first-order valence-electron chi connectivity index (χ1n) is 8.84. The lowest BCUT2D eigenvalue weighted by molar-refractivity contribution is -0.139. The maximum atomic E-state index is 12.7. The van der Waals surface area contributed by atoms with Crippen LogP contribution >= 0.6 is 0 Å². The fourth-order valence-electron chi connectivity index (χ4n) is 2.87. The SMILES string of the molecule is O=C(O)COc1ccc2c(=O)c(Oc3ccc(-c4ccccc4)cc3)coc2c1. The van der Waals surface area contributed by atoms with E-state index in [9.17, 15) is 9.59 Å². The molecule has 0 aliphatic carbocycles. The predicted molar refractivity (Wildman–Crippen MR) is 108 cm³/mol. The molecule has 4 aromatic rings. The second-order valence-corrected chi connectivity index (χ2v) is 6.26. The van der Waals surface area contributed by atoms with Gasteiger partial charge in [-0.05, 0) is 35.4 Å². The summed E-state index contributed by atoms with van der Waals surface area (Å²) >= 11 is 0. The molecule has 6 nitrogen and oxygen atoms in total. The molecule has 0 bridgehead atoms. The maximum absolute atomic E-state index is 12.7. The van der Waals surface area contributed by atoms with Crippen LogP contribution in [0.1, 0.15) is 0 Å². The van der Waals surface area contributed by atoms with Gasteiger partial charge in [-0.3, -0.25) is 4.79 Å². The van der Waals surface area contributed by atoms with Crippen molar-refractivity contribution in [2.24, 2.45) is 0 Å². The Balaban J connectivity index is 1.56.